The summed E-state index contributed by atoms with van der Waals surface area (Å²) in [5.41, 5.74) is 1.72. The van der Waals surface area contributed by atoms with Gasteiger partial charge in [-0.2, -0.15) is 5.26 Å². The van der Waals surface area contributed by atoms with Gasteiger partial charge in [-0.15, -0.1) is 45.5 Å². The number of guanidine groups is 1. The number of nitriles is 1. The Morgan fingerprint density at radius 1 is 1.27 bits per heavy atom. The minimum absolute atomic E-state index is 0. The normalized spacial score (nSPS) is 16.1. The molecule has 174 valence electrons. The van der Waals surface area contributed by atoms with Gasteiger partial charge in [-0.1, -0.05) is 18.2 Å². The van der Waals surface area contributed by atoms with E-state index in [1.54, 1.807) is 11.3 Å². The number of para-hydroxylation sites is 1. The number of anilines is 1. The van der Waals surface area contributed by atoms with Gasteiger partial charge in [0.15, 0.2) is 11.8 Å². The van der Waals surface area contributed by atoms with E-state index < -0.39 is 0 Å². The summed E-state index contributed by atoms with van der Waals surface area (Å²) in [4.78, 5) is 8.34. The molecular weight excluding hydrogens is 547 g/mol. The summed E-state index contributed by atoms with van der Waals surface area (Å²) >= 11 is 1.72. The summed E-state index contributed by atoms with van der Waals surface area (Å²) in [6, 6.07) is 14.5. The SMILES string of the molecule is Cc1nnc(CN=C(NCc2cccs2)NC2CCCN(c3ccccc3C#N)C2)n1C.I. The molecule has 8 nitrogen and oxygen atoms in total. The standard InChI is InChI=1S/C23H28N8S.HI/c1-17-28-29-22(30(17)2)15-26-23(25-14-20-9-6-12-32-20)27-19-8-5-11-31(16-19)21-10-4-3-7-18(21)13-24;/h3-4,6-7,9-10,12,19H,5,8,11,14-16H2,1-2H3,(H2,25,26,27);1H. The maximum Gasteiger partial charge on any atom is 0.192 e. The summed E-state index contributed by atoms with van der Waals surface area (Å²) < 4.78 is 1.96. The second kappa shape index (κ2) is 12.0. The first-order valence-electron chi connectivity index (χ1n) is 10.8. The fraction of sp³-hybridized carbons (Fsp3) is 0.391. The van der Waals surface area contributed by atoms with Crippen molar-refractivity contribution in [1.29, 1.82) is 5.26 Å². The first-order chi connectivity index (χ1) is 15.6. The third-order valence-electron chi connectivity index (χ3n) is 5.70. The zero-order chi connectivity index (χ0) is 22.3. The van der Waals surface area contributed by atoms with Gasteiger partial charge in [-0.3, -0.25) is 0 Å². The van der Waals surface area contributed by atoms with Crippen molar-refractivity contribution >= 4 is 47.0 Å². The first kappa shape index (κ1) is 25.0. The average Bonchev–Trinajstić information content (AvgIpc) is 3.46. The molecule has 2 aromatic heterocycles. The third-order valence-corrected chi connectivity index (χ3v) is 6.58. The molecule has 0 saturated carbocycles. The smallest absolute Gasteiger partial charge is 0.192 e. The fourth-order valence-electron chi connectivity index (χ4n) is 3.83. The largest absolute Gasteiger partial charge is 0.368 e. The molecule has 0 radical (unpaired) electrons. The van der Waals surface area contributed by atoms with Crippen molar-refractivity contribution in [2.45, 2.75) is 38.9 Å². The monoisotopic (exact) mass is 576 g/mol. The quantitative estimate of drug-likeness (QED) is 0.265. The van der Waals surface area contributed by atoms with Gasteiger partial charge in [0.05, 0.1) is 17.8 Å². The predicted molar refractivity (Wildman–Crippen MR) is 143 cm³/mol. The number of aromatic nitrogens is 3. The molecule has 1 aromatic carbocycles. The average molecular weight is 577 g/mol. The van der Waals surface area contributed by atoms with Crippen LogP contribution in [0.5, 0.6) is 0 Å². The van der Waals surface area contributed by atoms with Crippen LogP contribution in [-0.2, 0) is 20.1 Å². The van der Waals surface area contributed by atoms with Crippen LogP contribution < -0.4 is 15.5 Å². The van der Waals surface area contributed by atoms with Crippen LogP contribution in [0.1, 0.15) is 34.9 Å². The molecule has 0 spiro atoms. The summed E-state index contributed by atoms with van der Waals surface area (Å²) in [6.45, 7) is 4.87. The molecule has 1 aliphatic heterocycles. The molecule has 2 N–H and O–H groups in total. The van der Waals surface area contributed by atoms with Crippen LogP contribution in [0.4, 0.5) is 5.69 Å². The lowest BCUT2D eigenvalue weighted by Gasteiger charge is -2.35. The van der Waals surface area contributed by atoms with Crippen molar-refractivity contribution in [2.24, 2.45) is 12.0 Å². The minimum atomic E-state index is 0. The van der Waals surface area contributed by atoms with Crippen LogP contribution in [0.25, 0.3) is 0 Å². The van der Waals surface area contributed by atoms with E-state index in [-0.39, 0.29) is 30.0 Å². The Hall–Kier alpha value is -2.65. The number of hydrogen-bond acceptors (Lipinski definition) is 6. The molecule has 33 heavy (non-hydrogen) atoms. The van der Waals surface area contributed by atoms with Crippen LogP contribution in [0.15, 0.2) is 46.8 Å². The second-order valence-corrected chi connectivity index (χ2v) is 8.91. The molecule has 4 rings (SSSR count). The van der Waals surface area contributed by atoms with Crippen LogP contribution in [0, 0.1) is 18.3 Å². The number of nitrogens with one attached hydrogen (secondary N) is 2. The predicted octanol–water partition coefficient (Wildman–Crippen LogP) is 3.58. The topological polar surface area (TPSA) is 94.2 Å². The van der Waals surface area contributed by atoms with Gasteiger partial charge >= 0.3 is 0 Å². The Morgan fingerprint density at radius 3 is 2.85 bits per heavy atom. The van der Waals surface area contributed by atoms with Crippen molar-refractivity contribution in [1.82, 2.24) is 25.4 Å². The second-order valence-electron chi connectivity index (χ2n) is 7.88. The molecule has 10 heteroatoms. The number of aryl methyl sites for hydroxylation is 1. The van der Waals surface area contributed by atoms with Gasteiger partial charge in [0.2, 0.25) is 0 Å². The Bertz CT molecular complexity index is 1100. The van der Waals surface area contributed by atoms with E-state index in [0.717, 1.165) is 61.3 Å². The van der Waals surface area contributed by atoms with Crippen molar-refractivity contribution in [2.75, 3.05) is 18.0 Å². The lowest BCUT2D eigenvalue weighted by Crippen LogP contribution is -2.51. The number of piperidine rings is 1. The Balaban J connectivity index is 0.00000306. The zero-order valence-corrected chi connectivity index (χ0v) is 22.0. The zero-order valence-electron chi connectivity index (χ0n) is 18.9. The van der Waals surface area contributed by atoms with E-state index in [0.29, 0.717) is 6.54 Å². The number of rotatable bonds is 6. The van der Waals surface area contributed by atoms with Crippen molar-refractivity contribution in [3.8, 4) is 6.07 Å². The maximum atomic E-state index is 9.49. The number of hydrogen-bond donors (Lipinski definition) is 2. The molecule has 0 amide bonds. The summed E-state index contributed by atoms with van der Waals surface area (Å²) in [5, 5.41) is 27.0. The molecule has 1 unspecified atom stereocenters. The molecule has 1 aliphatic rings. The number of aliphatic imine (C=N–C) groups is 1. The van der Waals surface area contributed by atoms with Crippen LogP contribution in [0.2, 0.25) is 0 Å². The van der Waals surface area contributed by atoms with Crippen LogP contribution in [-0.4, -0.2) is 39.9 Å². The molecule has 1 saturated heterocycles. The highest BCUT2D eigenvalue weighted by Crippen LogP contribution is 2.23. The van der Waals surface area contributed by atoms with Crippen molar-refractivity contribution in [3.63, 3.8) is 0 Å². The van der Waals surface area contributed by atoms with E-state index in [2.05, 4.69) is 49.3 Å². The van der Waals surface area contributed by atoms with E-state index in [1.807, 2.05) is 42.8 Å². The molecule has 1 fully saturated rings. The lowest BCUT2D eigenvalue weighted by molar-refractivity contribution is 0.467. The molecular formula is C23H29IN8S. The molecule has 1 atom stereocenters. The van der Waals surface area contributed by atoms with Gasteiger partial charge in [0.1, 0.15) is 18.4 Å². The summed E-state index contributed by atoms with van der Waals surface area (Å²) in [6.07, 6.45) is 2.10. The van der Waals surface area contributed by atoms with Crippen molar-refractivity contribution in [3.05, 3.63) is 63.9 Å². The number of halogens is 1. The summed E-state index contributed by atoms with van der Waals surface area (Å²) in [7, 11) is 1.96. The molecule has 0 aliphatic carbocycles. The lowest BCUT2D eigenvalue weighted by atomic mass is 10.0. The highest BCUT2D eigenvalue weighted by atomic mass is 127. The number of nitrogens with zero attached hydrogens (tertiary/aromatic N) is 6. The van der Waals surface area contributed by atoms with E-state index >= 15 is 0 Å². The third kappa shape index (κ3) is 6.45. The van der Waals surface area contributed by atoms with Gasteiger partial charge < -0.3 is 20.1 Å². The van der Waals surface area contributed by atoms with Crippen molar-refractivity contribution < 1.29 is 0 Å². The molecule has 3 aromatic rings. The van der Waals surface area contributed by atoms with Crippen LogP contribution in [0.3, 0.4) is 0 Å². The molecule has 3 heterocycles. The fourth-order valence-corrected chi connectivity index (χ4v) is 4.47. The van der Waals surface area contributed by atoms with E-state index in [1.165, 1.54) is 4.88 Å². The summed E-state index contributed by atoms with van der Waals surface area (Å²) in [5.74, 6) is 2.46. The highest BCUT2D eigenvalue weighted by molar-refractivity contribution is 14.0. The molecule has 0 bridgehead atoms. The number of benzene rings is 1. The Morgan fingerprint density at radius 2 is 2.12 bits per heavy atom. The van der Waals surface area contributed by atoms with Gasteiger partial charge in [0.25, 0.3) is 0 Å². The number of thiophene rings is 1. The minimum Gasteiger partial charge on any atom is -0.368 e. The Kier molecular flexibility index (Phi) is 9.08. The maximum absolute atomic E-state index is 9.49. The van der Waals surface area contributed by atoms with Gasteiger partial charge in [0, 0.05) is 31.1 Å². The van der Waals surface area contributed by atoms with Gasteiger partial charge in [-0.25, -0.2) is 4.99 Å². The Labute approximate surface area is 215 Å². The van der Waals surface area contributed by atoms with E-state index in [4.69, 9.17) is 4.99 Å². The first-order valence-corrected chi connectivity index (χ1v) is 11.7. The van der Waals surface area contributed by atoms with Crippen LogP contribution >= 0.6 is 35.3 Å². The van der Waals surface area contributed by atoms with Gasteiger partial charge in [-0.05, 0) is 43.3 Å². The van der Waals surface area contributed by atoms with E-state index in [9.17, 15) is 5.26 Å². The highest BCUT2D eigenvalue weighted by Gasteiger charge is 2.22.